The molecular weight excluding hydrogens is 502 g/mol. The molecule has 0 aliphatic heterocycles. The second-order valence-electron chi connectivity index (χ2n) is 10.9. The fraction of sp³-hybridized carbons (Fsp3) is 0. The molecule has 0 N–H and O–H groups in total. The molecule has 0 fully saturated rings. The predicted octanol–water partition coefficient (Wildman–Crippen LogP) is 11.2. The summed E-state index contributed by atoms with van der Waals surface area (Å²) in [7, 11) is 0. The van der Waals surface area contributed by atoms with E-state index in [2.05, 4.69) is 132 Å². The molecule has 0 atom stereocenters. The lowest BCUT2D eigenvalue weighted by Gasteiger charge is -2.16. The molecule has 0 saturated heterocycles. The van der Waals surface area contributed by atoms with E-state index in [1.807, 2.05) is 11.3 Å². The third kappa shape index (κ3) is 2.48. The number of aromatic nitrogens is 1. The van der Waals surface area contributed by atoms with E-state index in [9.17, 15) is 0 Å². The Kier molecular flexibility index (Phi) is 3.87. The van der Waals surface area contributed by atoms with Crippen molar-refractivity contribution in [1.82, 2.24) is 4.57 Å². The topological polar surface area (TPSA) is 4.93 Å². The summed E-state index contributed by atoms with van der Waals surface area (Å²) in [5.74, 6) is 0. The van der Waals surface area contributed by atoms with Gasteiger partial charge in [0.1, 0.15) is 0 Å². The van der Waals surface area contributed by atoms with Crippen molar-refractivity contribution in [3.63, 3.8) is 0 Å². The molecule has 0 bridgehead atoms. The predicted molar refractivity (Wildman–Crippen MR) is 175 cm³/mol. The largest absolute Gasteiger partial charge is 0.307 e. The van der Waals surface area contributed by atoms with Crippen LogP contribution in [0.3, 0.4) is 0 Å². The molecule has 2 aromatic heterocycles. The molecule has 2 heteroatoms. The first-order valence-electron chi connectivity index (χ1n) is 13.8. The Hall–Kier alpha value is -4.92. The molecule has 0 aliphatic carbocycles. The zero-order valence-electron chi connectivity index (χ0n) is 21.5. The Bertz CT molecular complexity index is 2630. The van der Waals surface area contributed by atoms with Crippen LogP contribution < -0.4 is 0 Å². The maximum atomic E-state index is 2.56. The van der Waals surface area contributed by atoms with Crippen molar-refractivity contribution in [2.45, 2.75) is 0 Å². The molecule has 0 amide bonds. The van der Waals surface area contributed by atoms with E-state index >= 15 is 0 Å². The molecule has 0 aliphatic rings. The minimum atomic E-state index is 1.24. The zero-order valence-corrected chi connectivity index (χ0v) is 22.3. The van der Waals surface area contributed by atoms with E-state index in [-0.39, 0.29) is 0 Å². The van der Waals surface area contributed by atoms with Crippen LogP contribution in [0.4, 0.5) is 0 Å². The molecule has 2 heterocycles. The van der Waals surface area contributed by atoms with Gasteiger partial charge in [0.15, 0.2) is 0 Å². The number of para-hydroxylation sites is 1. The number of thiophene rings is 1. The van der Waals surface area contributed by atoms with Gasteiger partial charge in [-0.25, -0.2) is 0 Å². The minimum absolute atomic E-state index is 1.24. The molecule has 10 rings (SSSR count). The van der Waals surface area contributed by atoms with Gasteiger partial charge in [0.2, 0.25) is 0 Å². The highest BCUT2D eigenvalue weighted by Gasteiger charge is 2.22. The Labute approximate surface area is 233 Å². The summed E-state index contributed by atoms with van der Waals surface area (Å²) in [6.45, 7) is 0. The van der Waals surface area contributed by atoms with Crippen molar-refractivity contribution >= 4 is 96.4 Å². The molecule has 8 aromatic carbocycles. The van der Waals surface area contributed by atoms with Gasteiger partial charge in [-0.1, -0.05) is 109 Å². The van der Waals surface area contributed by atoms with Gasteiger partial charge in [0.25, 0.3) is 0 Å². The smallest absolute Gasteiger partial charge is 0.0726 e. The van der Waals surface area contributed by atoms with E-state index in [0.29, 0.717) is 0 Å². The van der Waals surface area contributed by atoms with Crippen molar-refractivity contribution in [1.29, 1.82) is 0 Å². The minimum Gasteiger partial charge on any atom is -0.307 e. The molecule has 184 valence electrons. The van der Waals surface area contributed by atoms with Gasteiger partial charge in [-0.05, 0) is 55.9 Å². The third-order valence-corrected chi connectivity index (χ3v) is 10.1. The normalized spacial score (nSPS) is 12.5. The van der Waals surface area contributed by atoms with Crippen LogP contribution in [0.2, 0.25) is 0 Å². The van der Waals surface area contributed by atoms with Crippen LogP contribution in [-0.4, -0.2) is 4.57 Å². The Morgan fingerprint density at radius 2 is 1.02 bits per heavy atom. The number of rotatable bonds is 1. The third-order valence-electron chi connectivity index (χ3n) is 8.90. The summed E-state index contributed by atoms with van der Waals surface area (Å²) in [5.41, 5.74) is 3.81. The number of benzene rings is 8. The van der Waals surface area contributed by atoms with Crippen LogP contribution in [0.1, 0.15) is 0 Å². The van der Waals surface area contributed by atoms with Crippen molar-refractivity contribution < 1.29 is 0 Å². The summed E-state index contributed by atoms with van der Waals surface area (Å²) in [4.78, 5) is 0. The number of hydrogen-bond acceptors (Lipinski definition) is 1. The number of hydrogen-bond donors (Lipinski definition) is 0. The molecule has 0 unspecified atom stereocenters. The highest BCUT2D eigenvalue weighted by molar-refractivity contribution is 7.27. The van der Waals surface area contributed by atoms with Gasteiger partial charge in [0.05, 0.1) is 21.4 Å². The van der Waals surface area contributed by atoms with Crippen molar-refractivity contribution in [2.24, 2.45) is 0 Å². The van der Waals surface area contributed by atoms with Crippen molar-refractivity contribution in [2.75, 3.05) is 0 Å². The Morgan fingerprint density at radius 1 is 0.400 bits per heavy atom. The standard InChI is InChI=1S/C38H21NS/c1-2-11-26-25(10-1)35-27-12-3-5-14-30(27)39(37(35)38-36(26)29-13-4-6-15-32(29)40-38)31-21-19-24-17-16-22-8-7-9-23-18-20-28(31)34(24)33(22)23/h1-21H. The van der Waals surface area contributed by atoms with E-state index < -0.39 is 0 Å². The Morgan fingerprint density at radius 3 is 1.85 bits per heavy atom. The second-order valence-corrected chi connectivity index (χ2v) is 11.9. The number of nitrogens with zero attached hydrogens (tertiary/aromatic N) is 1. The van der Waals surface area contributed by atoms with Crippen LogP contribution in [0.25, 0.3) is 90.8 Å². The van der Waals surface area contributed by atoms with E-state index in [1.54, 1.807) is 0 Å². The molecule has 40 heavy (non-hydrogen) atoms. The highest BCUT2D eigenvalue weighted by Crippen LogP contribution is 2.48. The van der Waals surface area contributed by atoms with Crippen LogP contribution in [0.15, 0.2) is 127 Å². The van der Waals surface area contributed by atoms with Gasteiger partial charge in [-0.15, -0.1) is 11.3 Å². The van der Waals surface area contributed by atoms with Gasteiger partial charge in [-0.3, -0.25) is 0 Å². The monoisotopic (exact) mass is 523 g/mol. The average molecular weight is 524 g/mol. The van der Waals surface area contributed by atoms with Gasteiger partial charge in [0, 0.05) is 31.6 Å². The fourth-order valence-corrected chi connectivity index (χ4v) is 8.55. The van der Waals surface area contributed by atoms with Gasteiger partial charge in [-0.2, -0.15) is 0 Å². The van der Waals surface area contributed by atoms with Crippen LogP contribution in [-0.2, 0) is 0 Å². The molecule has 0 saturated carbocycles. The lowest BCUT2D eigenvalue weighted by Crippen LogP contribution is -1.97. The first kappa shape index (κ1) is 21.0. The average Bonchev–Trinajstić information content (AvgIpc) is 3.57. The highest BCUT2D eigenvalue weighted by atomic mass is 32.1. The molecular formula is C38H21NS. The van der Waals surface area contributed by atoms with Crippen LogP contribution >= 0.6 is 11.3 Å². The van der Waals surface area contributed by atoms with E-state index in [1.165, 1.54) is 90.8 Å². The maximum Gasteiger partial charge on any atom is 0.0726 e. The fourth-order valence-electron chi connectivity index (χ4n) is 7.29. The zero-order chi connectivity index (χ0) is 25.9. The van der Waals surface area contributed by atoms with Crippen molar-refractivity contribution in [3.05, 3.63) is 127 Å². The first-order valence-corrected chi connectivity index (χ1v) is 14.6. The maximum absolute atomic E-state index is 2.56. The first-order chi connectivity index (χ1) is 19.9. The van der Waals surface area contributed by atoms with Gasteiger partial charge < -0.3 is 4.57 Å². The number of fused-ring (bicyclic) bond motifs is 10. The summed E-state index contributed by atoms with van der Waals surface area (Å²) in [6.07, 6.45) is 0. The summed E-state index contributed by atoms with van der Waals surface area (Å²) in [6, 6.07) is 47.3. The summed E-state index contributed by atoms with van der Waals surface area (Å²) in [5, 5.41) is 15.9. The summed E-state index contributed by atoms with van der Waals surface area (Å²) < 4.78 is 5.25. The van der Waals surface area contributed by atoms with Crippen molar-refractivity contribution in [3.8, 4) is 5.69 Å². The van der Waals surface area contributed by atoms with Crippen LogP contribution in [0, 0.1) is 0 Å². The van der Waals surface area contributed by atoms with Crippen LogP contribution in [0.5, 0.6) is 0 Å². The molecule has 0 radical (unpaired) electrons. The molecule has 0 spiro atoms. The SMILES string of the molecule is c1cc2ccc3ccc(-n4c5ccccc5c5c6ccccc6c6c7ccccc7sc6c54)c4ccc(c1)c2c34. The summed E-state index contributed by atoms with van der Waals surface area (Å²) >= 11 is 1.92. The van der Waals surface area contributed by atoms with E-state index in [4.69, 9.17) is 0 Å². The van der Waals surface area contributed by atoms with Gasteiger partial charge >= 0.3 is 0 Å². The quantitative estimate of drug-likeness (QED) is 0.189. The molecule has 1 nitrogen and oxygen atoms in total. The van der Waals surface area contributed by atoms with E-state index in [0.717, 1.165) is 0 Å². The lowest BCUT2D eigenvalue weighted by atomic mass is 9.93. The molecule has 10 aromatic rings. The lowest BCUT2D eigenvalue weighted by molar-refractivity contribution is 1.21. The second kappa shape index (κ2) is 7.38. The Balaban J connectivity index is 1.51.